The molecular formula is C20H25N5O. The van der Waals surface area contributed by atoms with Gasteiger partial charge in [0, 0.05) is 37.0 Å². The van der Waals surface area contributed by atoms with Crippen molar-refractivity contribution in [2.45, 2.75) is 57.3 Å². The summed E-state index contributed by atoms with van der Waals surface area (Å²) in [7, 11) is 0. The number of likely N-dealkylation sites (tertiary alicyclic amines) is 1. The largest absolute Gasteiger partial charge is 0.345 e. The molecule has 1 saturated heterocycles. The summed E-state index contributed by atoms with van der Waals surface area (Å²) in [5.74, 6) is 0.778. The molecule has 0 radical (unpaired) electrons. The summed E-state index contributed by atoms with van der Waals surface area (Å²) in [5.41, 5.74) is 4.91. The third-order valence-electron chi connectivity index (χ3n) is 6.04. The van der Waals surface area contributed by atoms with Gasteiger partial charge in [0.25, 0.3) is 0 Å². The highest BCUT2D eigenvalue weighted by atomic mass is 16.2. The molecule has 0 aromatic carbocycles. The molecule has 26 heavy (non-hydrogen) atoms. The first-order chi connectivity index (χ1) is 12.8. The molecule has 0 atom stereocenters. The fourth-order valence-electron chi connectivity index (χ4n) is 4.59. The lowest BCUT2D eigenvalue weighted by molar-refractivity contribution is -0.129. The van der Waals surface area contributed by atoms with Crippen LogP contribution >= 0.6 is 0 Å². The Kier molecular flexibility index (Phi) is 3.91. The Labute approximate surface area is 152 Å². The van der Waals surface area contributed by atoms with Crippen LogP contribution in [-0.4, -0.2) is 43.2 Å². The van der Waals surface area contributed by atoms with Crippen molar-refractivity contribution in [3.63, 3.8) is 0 Å². The molecule has 1 amide bonds. The van der Waals surface area contributed by atoms with Crippen molar-refractivity contribution in [1.82, 2.24) is 24.3 Å². The molecule has 2 aliphatic rings. The Hall–Kier alpha value is -2.37. The van der Waals surface area contributed by atoms with Gasteiger partial charge in [-0.15, -0.1) is 0 Å². The predicted octanol–water partition coefficient (Wildman–Crippen LogP) is 3.42. The standard InChI is InChI=1S/C20H25N5O/c26-18(24-8-4-5-9-24)10-15-11-21-20-19(15)25-13-16(23-17(25)12-22-20)14-6-2-1-3-7-14/h11-14,21H,1-10H2. The van der Waals surface area contributed by atoms with E-state index in [1.807, 2.05) is 17.3 Å². The lowest BCUT2D eigenvalue weighted by Crippen LogP contribution is -2.29. The average molecular weight is 351 g/mol. The predicted molar refractivity (Wildman–Crippen MR) is 100 cm³/mol. The van der Waals surface area contributed by atoms with E-state index in [2.05, 4.69) is 20.6 Å². The van der Waals surface area contributed by atoms with E-state index in [1.54, 1.807) is 0 Å². The number of carbonyl (C=O) groups excluding carboxylic acids is 1. The number of nitrogens with zero attached hydrogens (tertiary/aromatic N) is 4. The SMILES string of the molecule is O=C(Cc1c[nH]c2ncc3nc(C4CCCCC4)cn3c12)N1CCCC1. The molecule has 6 nitrogen and oxygen atoms in total. The van der Waals surface area contributed by atoms with Gasteiger partial charge >= 0.3 is 0 Å². The molecule has 5 rings (SSSR count). The van der Waals surface area contributed by atoms with E-state index in [4.69, 9.17) is 4.98 Å². The minimum atomic E-state index is 0.216. The van der Waals surface area contributed by atoms with Gasteiger partial charge in [0.15, 0.2) is 11.3 Å². The molecular weight excluding hydrogens is 326 g/mol. The molecule has 136 valence electrons. The number of imidazole rings is 1. The minimum Gasteiger partial charge on any atom is -0.345 e. The summed E-state index contributed by atoms with van der Waals surface area (Å²) in [6, 6.07) is 0. The van der Waals surface area contributed by atoms with E-state index in [1.165, 1.54) is 37.8 Å². The van der Waals surface area contributed by atoms with Crippen LogP contribution < -0.4 is 0 Å². The molecule has 3 aromatic heterocycles. The van der Waals surface area contributed by atoms with Gasteiger partial charge in [0.2, 0.25) is 5.91 Å². The first-order valence-corrected chi connectivity index (χ1v) is 9.91. The van der Waals surface area contributed by atoms with Crippen molar-refractivity contribution >= 4 is 22.7 Å². The molecule has 2 fully saturated rings. The number of amides is 1. The summed E-state index contributed by atoms with van der Waals surface area (Å²) >= 11 is 0. The Morgan fingerprint density at radius 1 is 1.15 bits per heavy atom. The molecule has 1 N–H and O–H groups in total. The number of hydrogen-bond donors (Lipinski definition) is 1. The lowest BCUT2D eigenvalue weighted by atomic mass is 9.87. The van der Waals surface area contributed by atoms with Crippen LogP contribution in [0.5, 0.6) is 0 Å². The zero-order valence-corrected chi connectivity index (χ0v) is 15.1. The molecule has 4 heterocycles. The van der Waals surface area contributed by atoms with Gasteiger partial charge in [-0.2, -0.15) is 0 Å². The molecule has 0 spiro atoms. The zero-order chi connectivity index (χ0) is 17.5. The number of H-pyrrole nitrogens is 1. The number of hydrogen-bond acceptors (Lipinski definition) is 3. The summed E-state index contributed by atoms with van der Waals surface area (Å²) in [6.07, 6.45) is 15.0. The van der Waals surface area contributed by atoms with Gasteiger partial charge in [0.05, 0.1) is 23.8 Å². The van der Waals surface area contributed by atoms with Gasteiger partial charge in [-0.3, -0.25) is 9.20 Å². The zero-order valence-electron chi connectivity index (χ0n) is 15.1. The number of aromatic nitrogens is 4. The third-order valence-corrected chi connectivity index (χ3v) is 6.04. The average Bonchev–Trinajstić information content (AvgIpc) is 3.41. The number of fused-ring (bicyclic) bond motifs is 3. The summed E-state index contributed by atoms with van der Waals surface area (Å²) in [4.78, 5) is 27.2. The highest BCUT2D eigenvalue weighted by Gasteiger charge is 2.22. The highest BCUT2D eigenvalue weighted by Crippen LogP contribution is 2.33. The molecule has 1 aliphatic heterocycles. The Morgan fingerprint density at radius 2 is 1.96 bits per heavy atom. The third kappa shape index (κ3) is 2.68. The van der Waals surface area contributed by atoms with E-state index in [9.17, 15) is 4.79 Å². The van der Waals surface area contributed by atoms with Crippen LogP contribution in [0.2, 0.25) is 0 Å². The van der Waals surface area contributed by atoms with E-state index >= 15 is 0 Å². The Bertz CT molecular complexity index is 944. The van der Waals surface area contributed by atoms with E-state index in [0.29, 0.717) is 12.3 Å². The Morgan fingerprint density at radius 3 is 2.77 bits per heavy atom. The maximum Gasteiger partial charge on any atom is 0.227 e. The monoisotopic (exact) mass is 351 g/mol. The smallest absolute Gasteiger partial charge is 0.227 e. The fraction of sp³-hybridized carbons (Fsp3) is 0.550. The van der Waals surface area contributed by atoms with E-state index < -0.39 is 0 Å². The van der Waals surface area contributed by atoms with Crippen LogP contribution in [0.25, 0.3) is 16.8 Å². The number of rotatable bonds is 3. The van der Waals surface area contributed by atoms with Crippen molar-refractivity contribution in [3.8, 4) is 0 Å². The molecule has 1 aliphatic carbocycles. The normalized spacial score (nSPS) is 19.0. The number of carbonyl (C=O) groups is 1. The summed E-state index contributed by atoms with van der Waals surface area (Å²) in [6.45, 7) is 1.79. The second-order valence-electron chi connectivity index (χ2n) is 7.76. The van der Waals surface area contributed by atoms with Crippen molar-refractivity contribution in [2.75, 3.05) is 13.1 Å². The first-order valence-electron chi connectivity index (χ1n) is 9.91. The summed E-state index contributed by atoms with van der Waals surface area (Å²) in [5, 5.41) is 0. The maximum atomic E-state index is 12.6. The van der Waals surface area contributed by atoms with E-state index in [0.717, 1.165) is 48.3 Å². The van der Waals surface area contributed by atoms with Crippen molar-refractivity contribution in [1.29, 1.82) is 0 Å². The van der Waals surface area contributed by atoms with Crippen LogP contribution in [0.3, 0.4) is 0 Å². The van der Waals surface area contributed by atoms with Crippen LogP contribution in [0.1, 0.15) is 62.1 Å². The maximum absolute atomic E-state index is 12.6. The molecule has 1 saturated carbocycles. The topological polar surface area (TPSA) is 66.3 Å². The molecule has 0 bridgehead atoms. The first kappa shape index (κ1) is 15.9. The van der Waals surface area contributed by atoms with Crippen molar-refractivity contribution < 1.29 is 4.79 Å². The quantitative estimate of drug-likeness (QED) is 0.786. The van der Waals surface area contributed by atoms with Gasteiger partial charge in [-0.1, -0.05) is 19.3 Å². The van der Waals surface area contributed by atoms with Crippen LogP contribution in [0.15, 0.2) is 18.6 Å². The number of aromatic amines is 1. The molecule has 3 aromatic rings. The second-order valence-corrected chi connectivity index (χ2v) is 7.76. The van der Waals surface area contributed by atoms with Crippen LogP contribution in [-0.2, 0) is 11.2 Å². The Balaban J connectivity index is 1.52. The summed E-state index contributed by atoms with van der Waals surface area (Å²) < 4.78 is 2.13. The second kappa shape index (κ2) is 6.41. The highest BCUT2D eigenvalue weighted by molar-refractivity contribution is 5.86. The van der Waals surface area contributed by atoms with Gasteiger partial charge < -0.3 is 9.88 Å². The van der Waals surface area contributed by atoms with E-state index in [-0.39, 0.29) is 5.91 Å². The van der Waals surface area contributed by atoms with Crippen molar-refractivity contribution in [2.24, 2.45) is 0 Å². The minimum absolute atomic E-state index is 0.216. The van der Waals surface area contributed by atoms with Gasteiger partial charge in [-0.25, -0.2) is 9.97 Å². The lowest BCUT2D eigenvalue weighted by Gasteiger charge is -2.19. The van der Waals surface area contributed by atoms with Crippen molar-refractivity contribution in [3.05, 3.63) is 29.8 Å². The molecule has 6 heteroatoms. The van der Waals surface area contributed by atoms with Gasteiger partial charge in [0.1, 0.15) is 0 Å². The molecule has 0 unspecified atom stereocenters. The van der Waals surface area contributed by atoms with Crippen LogP contribution in [0, 0.1) is 0 Å². The fourth-order valence-corrected chi connectivity index (χ4v) is 4.59. The number of nitrogens with one attached hydrogen (secondary N) is 1. The van der Waals surface area contributed by atoms with Crippen LogP contribution in [0.4, 0.5) is 0 Å². The van der Waals surface area contributed by atoms with Gasteiger partial charge in [-0.05, 0) is 25.7 Å².